The number of aryl methyl sites for hydroxylation is 2. The Labute approximate surface area is 188 Å². The lowest BCUT2D eigenvalue weighted by atomic mass is 9.85. The van der Waals surface area contributed by atoms with Gasteiger partial charge in [0.05, 0.1) is 18.0 Å². The van der Waals surface area contributed by atoms with Crippen LogP contribution < -0.4 is 4.74 Å². The van der Waals surface area contributed by atoms with Crippen molar-refractivity contribution in [3.05, 3.63) is 53.1 Å². The summed E-state index contributed by atoms with van der Waals surface area (Å²) in [5.74, 6) is 1.29. The lowest BCUT2D eigenvalue weighted by Crippen LogP contribution is -2.19. The minimum absolute atomic E-state index is 0.0365. The minimum atomic E-state index is -4.29. The summed E-state index contributed by atoms with van der Waals surface area (Å²) in [6, 6.07) is 10.8. The molecule has 0 bridgehead atoms. The average molecular weight is 457 g/mol. The van der Waals surface area contributed by atoms with Gasteiger partial charge in [0.1, 0.15) is 5.75 Å². The van der Waals surface area contributed by atoms with Crippen molar-refractivity contribution in [3.8, 4) is 17.1 Å². The summed E-state index contributed by atoms with van der Waals surface area (Å²) in [4.78, 5) is 1.57. The summed E-state index contributed by atoms with van der Waals surface area (Å²) >= 11 is 0. The first kappa shape index (κ1) is 22.4. The fourth-order valence-electron chi connectivity index (χ4n) is 4.32. The first-order valence-corrected chi connectivity index (χ1v) is 12.3. The molecule has 2 aromatic carbocycles. The summed E-state index contributed by atoms with van der Waals surface area (Å²) in [5, 5.41) is 12.3. The van der Waals surface area contributed by atoms with Crippen molar-refractivity contribution >= 4 is 10.1 Å². The van der Waals surface area contributed by atoms with Crippen LogP contribution in [0.15, 0.2) is 41.3 Å². The van der Waals surface area contributed by atoms with Gasteiger partial charge in [0.15, 0.2) is 0 Å². The second-order valence-electron chi connectivity index (χ2n) is 8.27. The number of aromatic nitrogens is 4. The standard InChI is InChI=1S/C23H28N4O4S/c1-4-19-16(3)6-11-20(32(28,29)30)21(19)23(12-13-23)14-15-31-18-9-7-17(8-10-18)22-24-26-27(5-2)25-22/h6-11H,4-5,12-15H2,1-3H3,(H,28,29,30). The molecule has 1 aromatic heterocycles. The van der Waals surface area contributed by atoms with Gasteiger partial charge in [0.25, 0.3) is 10.1 Å². The van der Waals surface area contributed by atoms with E-state index in [9.17, 15) is 13.0 Å². The Balaban J connectivity index is 1.49. The van der Waals surface area contributed by atoms with E-state index in [0.717, 1.165) is 40.8 Å². The summed E-state index contributed by atoms with van der Waals surface area (Å²) in [6.45, 7) is 7.07. The van der Waals surface area contributed by atoms with Crippen LogP contribution in [0.1, 0.15) is 49.8 Å². The fraction of sp³-hybridized carbons (Fsp3) is 0.435. The molecule has 1 heterocycles. The molecule has 0 spiro atoms. The third-order valence-corrected chi connectivity index (χ3v) is 7.12. The minimum Gasteiger partial charge on any atom is -0.494 e. The molecule has 4 rings (SSSR count). The Hall–Kier alpha value is -2.78. The molecule has 1 aliphatic carbocycles. The number of benzene rings is 2. The van der Waals surface area contributed by atoms with E-state index >= 15 is 0 Å². The van der Waals surface area contributed by atoms with Gasteiger partial charge in [0.2, 0.25) is 5.82 Å². The number of hydrogen-bond acceptors (Lipinski definition) is 6. The van der Waals surface area contributed by atoms with Crippen LogP contribution in [0.2, 0.25) is 0 Å². The van der Waals surface area contributed by atoms with Crippen molar-refractivity contribution in [3.63, 3.8) is 0 Å². The van der Waals surface area contributed by atoms with Gasteiger partial charge in [0, 0.05) is 11.0 Å². The highest BCUT2D eigenvalue weighted by Gasteiger charge is 2.48. The Morgan fingerprint density at radius 2 is 1.84 bits per heavy atom. The first-order valence-electron chi connectivity index (χ1n) is 10.9. The zero-order chi connectivity index (χ0) is 22.9. The molecule has 0 aliphatic heterocycles. The topological polar surface area (TPSA) is 107 Å². The van der Waals surface area contributed by atoms with Gasteiger partial charge in [-0.25, -0.2) is 0 Å². The van der Waals surface area contributed by atoms with Crippen molar-refractivity contribution < 1.29 is 17.7 Å². The molecule has 0 radical (unpaired) electrons. The van der Waals surface area contributed by atoms with Gasteiger partial charge in [-0.05, 0) is 91.8 Å². The molecular weight excluding hydrogens is 428 g/mol. The first-order chi connectivity index (χ1) is 15.3. The number of rotatable bonds is 9. The highest BCUT2D eigenvalue weighted by atomic mass is 32.2. The highest BCUT2D eigenvalue weighted by molar-refractivity contribution is 7.85. The van der Waals surface area contributed by atoms with Crippen molar-refractivity contribution in [2.45, 2.75) is 63.3 Å². The van der Waals surface area contributed by atoms with Crippen LogP contribution in [0, 0.1) is 6.92 Å². The molecular formula is C23H28N4O4S. The van der Waals surface area contributed by atoms with E-state index in [2.05, 4.69) is 15.4 Å². The Kier molecular flexibility index (Phi) is 6.05. The van der Waals surface area contributed by atoms with Crippen LogP contribution >= 0.6 is 0 Å². The average Bonchev–Trinajstić information content (AvgIpc) is 3.39. The second kappa shape index (κ2) is 8.63. The molecule has 0 saturated heterocycles. The van der Waals surface area contributed by atoms with E-state index in [1.54, 1.807) is 6.07 Å². The molecule has 3 aromatic rings. The third kappa shape index (κ3) is 4.40. The fourth-order valence-corrected chi connectivity index (χ4v) is 5.15. The zero-order valence-electron chi connectivity index (χ0n) is 18.6. The van der Waals surface area contributed by atoms with Crippen LogP contribution in [0.25, 0.3) is 11.4 Å². The summed E-state index contributed by atoms with van der Waals surface area (Å²) in [7, 11) is -4.29. The predicted molar refractivity (Wildman–Crippen MR) is 120 cm³/mol. The van der Waals surface area contributed by atoms with Crippen molar-refractivity contribution in [1.29, 1.82) is 0 Å². The number of ether oxygens (including phenoxy) is 1. The lowest BCUT2D eigenvalue weighted by Gasteiger charge is -2.23. The van der Waals surface area contributed by atoms with Crippen LogP contribution in [-0.4, -0.2) is 39.8 Å². The molecule has 1 fully saturated rings. The summed E-state index contributed by atoms with van der Waals surface area (Å²) in [5.41, 5.74) is 3.42. The molecule has 0 unspecified atom stereocenters. The van der Waals surface area contributed by atoms with Crippen LogP contribution in [0.4, 0.5) is 0 Å². The molecule has 1 N–H and O–H groups in total. The lowest BCUT2D eigenvalue weighted by molar-refractivity contribution is 0.291. The van der Waals surface area contributed by atoms with Gasteiger partial charge in [-0.15, -0.1) is 10.2 Å². The maximum absolute atomic E-state index is 12.1. The van der Waals surface area contributed by atoms with E-state index in [1.807, 2.05) is 45.0 Å². The number of nitrogens with zero attached hydrogens (tertiary/aromatic N) is 4. The van der Waals surface area contributed by atoms with Gasteiger partial charge in [-0.1, -0.05) is 13.0 Å². The summed E-state index contributed by atoms with van der Waals surface area (Å²) < 4.78 is 40.0. The number of tetrazole rings is 1. The zero-order valence-corrected chi connectivity index (χ0v) is 19.4. The van der Waals surface area contributed by atoms with Crippen LogP contribution in [0.5, 0.6) is 5.75 Å². The van der Waals surface area contributed by atoms with Gasteiger partial charge in [-0.2, -0.15) is 13.2 Å². The maximum Gasteiger partial charge on any atom is 0.294 e. The molecule has 0 atom stereocenters. The van der Waals surface area contributed by atoms with Crippen molar-refractivity contribution in [2.75, 3.05) is 6.61 Å². The third-order valence-electron chi connectivity index (χ3n) is 6.22. The molecule has 0 amide bonds. The van der Waals surface area contributed by atoms with E-state index in [-0.39, 0.29) is 10.3 Å². The second-order valence-corrected chi connectivity index (χ2v) is 9.66. The van der Waals surface area contributed by atoms with Gasteiger partial charge in [-0.3, -0.25) is 4.55 Å². The largest absolute Gasteiger partial charge is 0.494 e. The van der Waals surface area contributed by atoms with Crippen LogP contribution in [0.3, 0.4) is 0 Å². The van der Waals surface area contributed by atoms with Gasteiger partial charge < -0.3 is 4.74 Å². The predicted octanol–water partition coefficient (Wildman–Crippen LogP) is 3.98. The van der Waals surface area contributed by atoms with Crippen LogP contribution in [-0.2, 0) is 28.5 Å². The highest BCUT2D eigenvalue weighted by Crippen LogP contribution is 2.54. The SMILES string of the molecule is CCc1c(C)ccc(S(=O)(=O)O)c1C1(CCOc2ccc(-c3nnn(CC)n3)cc2)CC1. The number of hydrogen-bond donors (Lipinski definition) is 1. The molecule has 1 aliphatic rings. The molecule has 9 heteroatoms. The van der Waals surface area contributed by atoms with E-state index in [1.165, 1.54) is 10.9 Å². The normalized spacial score (nSPS) is 15.0. The smallest absolute Gasteiger partial charge is 0.294 e. The summed E-state index contributed by atoms with van der Waals surface area (Å²) in [6.07, 6.45) is 3.16. The van der Waals surface area contributed by atoms with Crippen molar-refractivity contribution in [2.24, 2.45) is 0 Å². The van der Waals surface area contributed by atoms with Crippen molar-refractivity contribution in [1.82, 2.24) is 20.2 Å². The maximum atomic E-state index is 12.1. The Morgan fingerprint density at radius 3 is 2.41 bits per heavy atom. The molecule has 8 nitrogen and oxygen atoms in total. The Morgan fingerprint density at radius 1 is 1.12 bits per heavy atom. The van der Waals surface area contributed by atoms with E-state index in [0.29, 0.717) is 31.8 Å². The quantitative estimate of drug-likeness (QED) is 0.485. The van der Waals surface area contributed by atoms with Gasteiger partial charge >= 0.3 is 0 Å². The van der Waals surface area contributed by atoms with E-state index in [4.69, 9.17) is 4.74 Å². The molecule has 170 valence electrons. The molecule has 1 saturated carbocycles. The van der Waals surface area contributed by atoms with E-state index < -0.39 is 10.1 Å². The molecule has 32 heavy (non-hydrogen) atoms. The monoisotopic (exact) mass is 456 g/mol. The Bertz CT molecular complexity index is 1220.